The molecule has 5 nitrogen and oxygen atoms in total. The molecule has 0 bridgehead atoms. The summed E-state index contributed by atoms with van der Waals surface area (Å²) in [5.74, 6) is -3.49. The number of aromatic nitrogens is 1. The molecule has 0 saturated carbocycles. The maximum atomic E-state index is 13.4. The average molecular weight is 374 g/mol. The van der Waals surface area contributed by atoms with Gasteiger partial charge in [0.1, 0.15) is 16.3 Å². The molecule has 126 valence electrons. The Morgan fingerprint density at radius 2 is 1.71 bits per heavy atom. The molecule has 24 heavy (non-hydrogen) atoms. The van der Waals surface area contributed by atoms with Gasteiger partial charge in [-0.15, -0.1) is 0 Å². The van der Waals surface area contributed by atoms with E-state index in [1.807, 2.05) is 0 Å². The highest BCUT2D eigenvalue weighted by molar-refractivity contribution is 6.33. The molecule has 2 rings (SSSR count). The molecule has 2 amide bonds. The largest absolute Gasteiger partial charge is 0.357 e. The second kappa shape index (κ2) is 7.55. The number of pyridine rings is 1. The van der Waals surface area contributed by atoms with E-state index in [0.717, 1.165) is 12.1 Å². The van der Waals surface area contributed by atoms with Gasteiger partial charge in [-0.1, -0.05) is 29.3 Å². The van der Waals surface area contributed by atoms with Crippen LogP contribution in [0, 0.1) is 11.6 Å². The molecule has 0 radical (unpaired) electrons. The van der Waals surface area contributed by atoms with Crippen molar-refractivity contribution < 1.29 is 18.4 Å². The fraction of sp³-hybridized carbons (Fsp3) is 0.133. The van der Waals surface area contributed by atoms with Gasteiger partial charge in [0.05, 0.1) is 0 Å². The van der Waals surface area contributed by atoms with Crippen LogP contribution in [-0.4, -0.2) is 23.8 Å². The predicted molar refractivity (Wildman–Crippen MR) is 84.9 cm³/mol. The van der Waals surface area contributed by atoms with Gasteiger partial charge >= 0.3 is 0 Å². The second-order valence-corrected chi connectivity index (χ2v) is 5.47. The van der Waals surface area contributed by atoms with Gasteiger partial charge in [0.2, 0.25) is 5.91 Å². The standard InChI is InChI=1S/C15H11Cl2F2N3O2/c1-20-15(24)13(7-2-3-9(18)10(19)4-7)22-14(23)8-5-11(16)21-12(17)6-8/h2-6,13H,1H3,(H,20,24)(H,22,23). The molecule has 0 aliphatic heterocycles. The van der Waals surface area contributed by atoms with E-state index < -0.39 is 29.5 Å². The number of hydrogen-bond donors (Lipinski definition) is 2. The van der Waals surface area contributed by atoms with Gasteiger partial charge in [-0.25, -0.2) is 13.8 Å². The fourth-order valence-electron chi connectivity index (χ4n) is 1.95. The van der Waals surface area contributed by atoms with Crippen LogP contribution in [0.5, 0.6) is 0 Å². The van der Waals surface area contributed by atoms with Gasteiger partial charge in [-0.05, 0) is 29.8 Å². The summed E-state index contributed by atoms with van der Waals surface area (Å²) in [6, 6.07) is 4.19. The molecule has 0 aliphatic rings. The van der Waals surface area contributed by atoms with Crippen LogP contribution in [-0.2, 0) is 4.79 Å². The minimum absolute atomic E-state index is 0.00281. The van der Waals surface area contributed by atoms with Crippen LogP contribution in [0.15, 0.2) is 30.3 Å². The van der Waals surface area contributed by atoms with Crippen LogP contribution in [0.1, 0.15) is 22.0 Å². The Labute approximate surface area is 146 Å². The van der Waals surface area contributed by atoms with E-state index in [9.17, 15) is 18.4 Å². The highest BCUT2D eigenvalue weighted by atomic mass is 35.5. The first kappa shape index (κ1) is 18.1. The van der Waals surface area contributed by atoms with Crippen molar-refractivity contribution in [1.82, 2.24) is 15.6 Å². The van der Waals surface area contributed by atoms with Gasteiger partial charge in [-0.3, -0.25) is 9.59 Å². The van der Waals surface area contributed by atoms with Crippen LogP contribution >= 0.6 is 23.2 Å². The number of carbonyl (C=O) groups excluding carboxylic acids is 2. The summed E-state index contributed by atoms with van der Waals surface area (Å²) in [7, 11) is 1.35. The van der Waals surface area contributed by atoms with Crippen LogP contribution in [0.3, 0.4) is 0 Å². The average Bonchev–Trinajstić information content (AvgIpc) is 2.53. The van der Waals surface area contributed by atoms with Gasteiger partial charge < -0.3 is 10.6 Å². The normalized spacial score (nSPS) is 11.7. The Bertz CT molecular complexity index is 782. The topological polar surface area (TPSA) is 71.1 Å². The molecule has 1 aromatic heterocycles. The van der Waals surface area contributed by atoms with Crippen LogP contribution in [0.4, 0.5) is 8.78 Å². The van der Waals surface area contributed by atoms with Crippen molar-refractivity contribution in [3.05, 3.63) is 63.4 Å². The van der Waals surface area contributed by atoms with E-state index in [2.05, 4.69) is 15.6 Å². The summed E-state index contributed by atoms with van der Waals surface area (Å²) in [6.45, 7) is 0. The number of rotatable bonds is 4. The molecular formula is C15H11Cl2F2N3O2. The van der Waals surface area contributed by atoms with E-state index >= 15 is 0 Å². The number of likely N-dealkylation sites (N-methyl/N-ethyl adjacent to an activating group) is 1. The number of nitrogens with one attached hydrogen (secondary N) is 2. The minimum atomic E-state index is -1.23. The number of halogens is 4. The number of benzene rings is 1. The van der Waals surface area contributed by atoms with Gasteiger partial charge in [-0.2, -0.15) is 0 Å². The number of carbonyl (C=O) groups is 2. The monoisotopic (exact) mass is 373 g/mol. The molecule has 0 aliphatic carbocycles. The highest BCUT2D eigenvalue weighted by Gasteiger charge is 2.24. The number of nitrogens with zero attached hydrogens (tertiary/aromatic N) is 1. The maximum Gasteiger partial charge on any atom is 0.252 e. The Hall–Kier alpha value is -2.25. The fourth-order valence-corrected chi connectivity index (χ4v) is 2.41. The molecule has 0 spiro atoms. The number of amides is 2. The molecule has 1 unspecified atom stereocenters. The van der Waals surface area contributed by atoms with Crippen molar-refractivity contribution in [3.8, 4) is 0 Å². The first-order valence-corrected chi connectivity index (χ1v) is 7.38. The lowest BCUT2D eigenvalue weighted by Gasteiger charge is -2.18. The van der Waals surface area contributed by atoms with Crippen LogP contribution in [0.25, 0.3) is 0 Å². The van der Waals surface area contributed by atoms with E-state index in [4.69, 9.17) is 23.2 Å². The van der Waals surface area contributed by atoms with E-state index in [0.29, 0.717) is 0 Å². The Kier molecular flexibility index (Phi) is 5.69. The van der Waals surface area contributed by atoms with Crippen molar-refractivity contribution in [2.75, 3.05) is 7.05 Å². The Balaban J connectivity index is 2.33. The lowest BCUT2D eigenvalue weighted by atomic mass is 10.0. The molecule has 2 N–H and O–H groups in total. The second-order valence-electron chi connectivity index (χ2n) is 4.70. The highest BCUT2D eigenvalue weighted by Crippen LogP contribution is 2.19. The van der Waals surface area contributed by atoms with Crippen molar-refractivity contribution in [2.45, 2.75) is 6.04 Å². The molecule has 0 fully saturated rings. The van der Waals surface area contributed by atoms with Crippen molar-refractivity contribution in [3.63, 3.8) is 0 Å². The first-order chi connectivity index (χ1) is 11.3. The lowest BCUT2D eigenvalue weighted by molar-refractivity contribution is -0.122. The zero-order valence-corrected chi connectivity index (χ0v) is 13.8. The van der Waals surface area contributed by atoms with Crippen molar-refractivity contribution in [1.29, 1.82) is 0 Å². The summed E-state index contributed by atoms with van der Waals surface area (Å²) in [6.07, 6.45) is 0. The van der Waals surface area contributed by atoms with Crippen LogP contribution < -0.4 is 10.6 Å². The summed E-state index contributed by atoms with van der Waals surface area (Å²) >= 11 is 11.5. The summed E-state index contributed by atoms with van der Waals surface area (Å²) in [5.41, 5.74) is 0.143. The molecule has 9 heteroatoms. The molecule has 2 aromatic rings. The van der Waals surface area contributed by atoms with E-state index in [-0.39, 0.29) is 21.4 Å². The van der Waals surface area contributed by atoms with Gasteiger partial charge in [0.15, 0.2) is 11.6 Å². The van der Waals surface area contributed by atoms with Crippen molar-refractivity contribution in [2.24, 2.45) is 0 Å². The SMILES string of the molecule is CNC(=O)C(NC(=O)c1cc(Cl)nc(Cl)c1)c1ccc(F)c(F)c1. The smallest absolute Gasteiger partial charge is 0.252 e. The van der Waals surface area contributed by atoms with E-state index in [1.54, 1.807) is 0 Å². The molecule has 1 heterocycles. The van der Waals surface area contributed by atoms with Crippen molar-refractivity contribution >= 4 is 35.0 Å². The summed E-state index contributed by atoms with van der Waals surface area (Å²) in [4.78, 5) is 28.0. The lowest BCUT2D eigenvalue weighted by Crippen LogP contribution is -2.39. The minimum Gasteiger partial charge on any atom is -0.357 e. The molecule has 1 atom stereocenters. The predicted octanol–water partition coefficient (Wildman–Crippen LogP) is 2.88. The summed E-state index contributed by atoms with van der Waals surface area (Å²) in [5, 5.41) is 4.75. The van der Waals surface area contributed by atoms with E-state index in [1.165, 1.54) is 25.2 Å². The maximum absolute atomic E-state index is 13.4. The molecule has 0 saturated heterocycles. The van der Waals surface area contributed by atoms with Gasteiger partial charge in [0, 0.05) is 12.6 Å². The third-order valence-electron chi connectivity index (χ3n) is 3.09. The quantitative estimate of drug-likeness (QED) is 0.809. The molecule has 1 aromatic carbocycles. The third-order valence-corrected chi connectivity index (χ3v) is 3.47. The molecular weight excluding hydrogens is 363 g/mol. The third kappa shape index (κ3) is 4.18. The zero-order chi connectivity index (χ0) is 17.9. The Morgan fingerprint density at radius 1 is 1.08 bits per heavy atom. The first-order valence-electron chi connectivity index (χ1n) is 6.62. The zero-order valence-electron chi connectivity index (χ0n) is 12.2. The number of hydrogen-bond acceptors (Lipinski definition) is 3. The Morgan fingerprint density at radius 3 is 2.25 bits per heavy atom. The summed E-state index contributed by atoms with van der Waals surface area (Å²) < 4.78 is 26.5. The van der Waals surface area contributed by atoms with Crippen LogP contribution in [0.2, 0.25) is 10.3 Å². The van der Waals surface area contributed by atoms with Gasteiger partial charge in [0.25, 0.3) is 5.91 Å².